The zero-order valence-corrected chi connectivity index (χ0v) is 22.1. The smallest absolute Gasteiger partial charge is 0.291 e. The molecule has 9 heteroatoms. The highest BCUT2D eigenvalue weighted by Gasteiger charge is 2.21. The number of fused-ring (bicyclic) bond motifs is 2. The lowest BCUT2D eigenvalue weighted by atomic mass is 10.0. The van der Waals surface area contributed by atoms with Crippen molar-refractivity contribution in [3.8, 4) is 39.8 Å². The summed E-state index contributed by atoms with van der Waals surface area (Å²) < 4.78 is 14.9. The van der Waals surface area contributed by atoms with Crippen molar-refractivity contribution in [2.45, 2.75) is 19.4 Å². The topological polar surface area (TPSA) is 83.5 Å². The average Bonchev–Trinajstić information content (AvgIpc) is 3.73. The lowest BCUT2D eigenvalue weighted by molar-refractivity contribution is 0.254. The summed E-state index contributed by atoms with van der Waals surface area (Å²) in [6, 6.07) is 23.5. The van der Waals surface area contributed by atoms with Crippen LogP contribution in [0.25, 0.3) is 39.4 Å². The molecule has 0 bridgehead atoms. The predicted octanol–water partition coefficient (Wildman–Crippen LogP) is 4.55. The van der Waals surface area contributed by atoms with Crippen LogP contribution in [0.4, 0.5) is 0 Å². The van der Waals surface area contributed by atoms with E-state index in [2.05, 4.69) is 23.1 Å². The van der Waals surface area contributed by atoms with E-state index >= 15 is 0 Å². The molecular formula is C30H23N5O3S. The second-order valence-corrected chi connectivity index (χ2v) is 10.5. The van der Waals surface area contributed by atoms with E-state index in [1.54, 1.807) is 7.11 Å². The highest BCUT2D eigenvalue weighted by molar-refractivity contribution is 7.15. The molecule has 0 radical (unpaired) electrons. The number of rotatable bonds is 5. The van der Waals surface area contributed by atoms with Gasteiger partial charge in [-0.2, -0.15) is 14.6 Å². The molecule has 3 aromatic heterocycles. The number of para-hydroxylation sites is 1. The zero-order chi connectivity index (χ0) is 26.5. The fourth-order valence-corrected chi connectivity index (χ4v) is 5.74. The van der Waals surface area contributed by atoms with Crippen molar-refractivity contribution in [1.29, 1.82) is 0 Å². The van der Waals surface area contributed by atoms with Gasteiger partial charge < -0.3 is 9.47 Å². The quantitative estimate of drug-likeness (QED) is 0.323. The van der Waals surface area contributed by atoms with Crippen LogP contribution in [0.1, 0.15) is 18.1 Å². The van der Waals surface area contributed by atoms with Crippen LogP contribution < -0.4 is 19.6 Å². The number of ether oxygens (including phenoxy) is 2. The molecule has 1 aliphatic heterocycles. The minimum Gasteiger partial charge on any atom is -0.497 e. The standard InChI is InChI=1S/C30H23N5O3S/c1-18-14-21-15-20(10-13-25(21)38-18)27-22(17-34(32-27)23-6-4-3-5-7-23)16-26-29(36)35-30(39-26)31-28(33-35)19-8-11-24(37-2)12-9-19/h3-13,15-18H,14H2,1-2H3. The molecule has 39 heavy (non-hydrogen) atoms. The van der Waals surface area contributed by atoms with Crippen LogP contribution in [0, 0.1) is 0 Å². The molecule has 0 saturated carbocycles. The second kappa shape index (κ2) is 9.21. The first-order valence-corrected chi connectivity index (χ1v) is 13.4. The monoisotopic (exact) mass is 533 g/mol. The van der Waals surface area contributed by atoms with Gasteiger partial charge >= 0.3 is 0 Å². The molecule has 0 fully saturated rings. The van der Waals surface area contributed by atoms with E-state index < -0.39 is 0 Å². The molecule has 192 valence electrons. The maximum atomic E-state index is 13.4. The highest BCUT2D eigenvalue weighted by atomic mass is 32.1. The molecule has 0 spiro atoms. The van der Waals surface area contributed by atoms with Gasteiger partial charge in [-0.05, 0) is 73.2 Å². The van der Waals surface area contributed by atoms with Crippen LogP contribution in [0.3, 0.4) is 0 Å². The summed E-state index contributed by atoms with van der Waals surface area (Å²) in [5.41, 5.74) is 5.30. The molecule has 1 unspecified atom stereocenters. The number of hydrogen-bond donors (Lipinski definition) is 0. The van der Waals surface area contributed by atoms with Gasteiger partial charge in [0.2, 0.25) is 4.96 Å². The third-order valence-corrected chi connectivity index (χ3v) is 7.71. The van der Waals surface area contributed by atoms with Gasteiger partial charge in [0.15, 0.2) is 5.82 Å². The number of thiazole rings is 1. The first-order valence-electron chi connectivity index (χ1n) is 12.6. The number of methoxy groups -OCH3 is 1. The molecule has 0 saturated heterocycles. The van der Waals surface area contributed by atoms with Crippen LogP contribution >= 0.6 is 11.3 Å². The van der Waals surface area contributed by atoms with E-state index in [-0.39, 0.29) is 11.7 Å². The summed E-state index contributed by atoms with van der Waals surface area (Å²) in [4.78, 5) is 18.5. The Kier molecular flexibility index (Phi) is 5.52. The summed E-state index contributed by atoms with van der Waals surface area (Å²) in [6.07, 6.45) is 4.85. The van der Waals surface area contributed by atoms with E-state index in [1.165, 1.54) is 15.9 Å². The molecule has 3 aromatic carbocycles. The summed E-state index contributed by atoms with van der Waals surface area (Å²) in [5, 5.41) is 9.42. The number of benzene rings is 3. The highest BCUT2D eigenvalue weighted by Crippen LogP contribution is 2.34. The van der Waals surface area contributed by atoms with Gasteiger partial charge in [-0.25, -0.2) is 4.68 Å². The van der Waals surface area contributed by atoms with Gasteiger partial charge in [-0.15, -0.1) is 5.10 Å². The average molecular weight is 534 g/mol. The minimum atomic E-state index is -0.211. The van der Waals surface area contributed by atoms with Crippen molar-refractivity contribution in [1.82, 2.24) is 24.4 Å². The van der Waals surface area contributed by atoms with Crippen LogP contribution in [0.15, 0.2) is 83.8 Å². The molecular weight excluding hydrogens is 510 g/mol. The Morgan fingerprint density at radius 3 is 2.59 bits per heavy atom. The van der Waals surface area contributed by atoms with Crippen molar-refractivity contribution in [2.75, 3.05) is 7.11 Å². The summed E-state index contributed by atoms with van der Waals surface area (Å²) in [5.74, 6) is 2.16. The fourth-order valence-electron chi connectivity index (χ4n) is 4.84. The van der Waals surface area contributed by atoms with Crippen LogP contribution in [0.5, 0.6) is 11.5 Å². The van der Waals surface area contributed by atoms with E-state index in [4.69, 9.17) is 14.6 Å². The fraction of sp³-hybridized carbons (Fsp3) is 0.133. The molecule has 6 aromatic rings. The Morgan fingerprint density at radius 1 is 1.03 bits per heavy atom. The maximum absolute atomic E-state index is 13.4. The van der Waals surface area contributed by atoms with Gasteiger partial charge in [-0.1, -0.05) is 29.5 Å². The Balaban J connectivity index is 1.33. The molecule has 4 heterocycles. The van der Waals surface area contributed by atoms with Crippen LogP contribution in [-0.2, 0) is 6.42 Å². The second-order valence-electron chi connectivity index (χ2n) is 9.44. The Bertz CT molecular complexity index is 1940. The van der Waals surface area contributed by atoms with Gasteiger partial charge in [0.25, 0.3) is 5.56 Å². The Morgan fingerprint density at radius 2 is 1.82 bits per heavy atom. The molecule has 1 aliphatic rings. The van der Waals surface area contributed by atoms with E-state index in [0.717, 1.165) is 51.6 Å². The van der Waals surface area contributed by atoms with Crippen LogP contribution in [-0.4, -0.2) is 37.6 Å². The third-order valence-electron chi connectivity index (χ3n) is 6.75. The van der Waals surface area contributed by atoms with Crippen molar-refractivity contribution < 1.29 is 9.47 Å². The van der Waals surface area contributed by atoms with Crippen molar-refractivity contribution >= 4 is 22.4 Å². The third kappa shape index (κ3) is 4.17. The Labute approximate surface area is 227 Å². The number of aromatic nitrogens is 5. The molecule has 7 rings (SSSR count). The SMILES string of the molecule is COc1ccc(-c2nc3sc(=Cc4cn(-c5ccccc5)nc4-c4ccc5c(c4)CC(C)O5)c(=O)n3n2)cc1. The lowest BCUT2D eigenvalue weighted by Crippen LogP contribution is -2.23. The molecule has 1 atom stereocenters. The molecule has 0 aliphatic carbocycles. The maximum Gasteiger partial charge on any atom is 0.291 e. The first kappa shape index (κ1) is 23.4. The van der Waals surface area contributed by atoms with Crippen molar-refractivity contribution in [3.63, 3.8) is 0 Å². The van der Waals surface area contributed by atoms with E-state index in [1.807, 2.05) is 83.7 Å². The molecule has 0 N–H and O–H groups in total. The molecule has 8 nitrogen and oxygen atoms in total. The summed E-state index contributed by atoms with van der Waals surface area (Å²) >= 11 is 1.31. The predicted molar refractivity (Wildman–Crippen MR) is 151 cm³/mol. The summed E-state index contributed by atoms with van der Waals surface area (Å²) in [7, 11) is 1.62. The molecule has 0 amide bonds. The van der Waals surface area contributed by atoms with Gasteiger partial charge in [0.1, 0.15) is 23.3 Å². The van der Waals surface area contributed by atoms with Crippen molar-refractivity contribution in [2.24, 2.45) is 0 Å². The first-order chi connectivity index (χ1) is 19.1. The normalized spacial score (nSPS) is 15.0. The minimum absolute atomic E-state index is 0.156. The zero-order valence-electron chi connectivity index (χ0n) is 21.2. The van der Waals surface area contributed by atoms with E-state index in [9.17, 15) is 4.79 Å². The van der Waals surface area contributed by atoms with Crippen molar-refractivity contribution in [3.05, 3.63) is 105 Å². The van der Waals surface area contributed by atoms with Crippen LogP contribution in [0.2, 0.25) is 0 Å². The van der Waals surface area contributed by atoms with Gasteiger partial charge in [0, 0.05) is 29.3 Å². The number of hydrogen-bond acceptors (Lipinski definition) is 7. The Hall–Kier alpha value is -4.76. The van der Waals surface area contributed by atoms with Gasteiger partial charge in [-0.3, -0.25) is 4.79 Å². The van der Waals surface area contributed by atoms with E-state index in [0.29, 0.717) is 15.3 Å². The largest absolute Gasteiger partial charge is 0.497 e. The van der Waals surface area contributed by atoms with Gasteiger partial charge in [0.05, 0.1) is 17.3 Å². The lowest BCUT2D eigenvalue weighted by Gasteiger charge is -2.04. The number of nitrogens with zero attached hydrogens (tertiary/aromatic N) is 5. The summed E-state index contributed by atoms with van der Waals surface area (Å²) in [6.45, 7) is 2.07.